The lowest BCUT2D eigenvalue weighted by molar-refractivity contribution is -0.123. The molecule has 0 unspecified atom stereocenters. The number of hydrogen-bond donors (Lipinski definition) is 2. The van der Waals surface area contributed by atoms with E-state index in [-0.39, 0.29) is 12.5 Å². The van der Waals surface area contributed by atoms with Gasteiger partial charge in [0.05, 0.1) is 0 Å². The van der Waals surface area contributed by atoms with Crippen LogP contribution in [0.15, 0.2) is 48.5 Å². The highest BCUT2D eigenvalue weighted by molar-refractivity contribution is 5.95. The summed E-state index contributed by atoms with van der Waals surface area (Å²) in [4.78, 5) is 26.4. The number of hydrazine groups is 1. The molecule has 2 amide bonds. The van der Waals surface area contributed by atoms with Crippen LogP contribution in [0.25, 0.3) is 0 Å². The Bertz CT molecular complexity index is 788. The van der Waals surface area contributed by atoms with E-state index >= 15 is 0 Å². The van der Waals surface area contributed by atoms with Gasteiger partial charge in [-0.2, -0.15) is 0 Å². The van der Waals surface area contributed by atoms with Gasteiger partial charge in [-0.3, -0.25) is 20.4 Å². The number of anilines is 1. The molecule has 2 aromatic carbocycles. The van der Waals surface area contributed by atoms with Crippen LogP contribution >= 0.6 is 0 Å². The highest BCUT2D eigenvalue weighted by atomic mass is 16.5. The zero-order chi connectivity index (χ0) is 20.5. The number of amides is 2. The van der Waals surface area contributed by atoms with Crippen LogP contribution < -0.4 is 20.5 Å². The van der Waals surface area contributed by atoms with E-state index in [1.54, 1.807) is 12.1 Å². The topological polar surface area (TPSA) is 70.7 Å². The SMILES string of the molecule is CCc1ccccc1OCC(=O)NNC(=O)c1ccc(N(CC)C(C)C)cc1. The van der Waals surface area contributed by atoms with Crippen LogP contribution in [-0.4, -0.2) is 31.0 Å². The van der Waals surface area contributed by atoms with Crippen LogP contribution in [0, 0.1) is 0 Å². The van der Waals surface area contributed by atoms with Gasteiger partial charge < -0.3 is 9.64 Å². The van der Waals surface area contributed by atoms with Gasteiger partial charge in [-0.25, -0.2) is 0 Å². The average molecular weight is 383 g/mol. The van der Waals surface area contributed by atoms with Crippen LogP contribution in [0.3, 0.4) is 0 Å². The monoisotopic (exact) mass is 383 g/mol. The molecule has 0 heterocycles. The maximum absolute atomic E-state index is 12.2. The molecular formula is C22H29N3O3. The molecule has 0 saturated heterocycles. The number of benzene rings is 2. The minimum absolute atomic E-state index is 0.171. The molecule has 0 aliphatic heterocycles. The predicted molar refractivity (Wildman–Crippen MR) is 112 cm³/mol. The third kappa shape index (κ3) is 5.74. The minimum Gasteiger partial charge on any atom is -0.483 e. The van der Waals surface area contributed by atoms with Crippen LogP contribution in [0.5, 0.6) is 5.75 Å². The maximum Gasteiger partial charge on any atom is 0.276 e. The lowest BCUT2D eigenvalue weighted by Crippen LogP contribution is -2.43. The first-order chi connectivity index (χ1) is 13.5. The van der Waals surface area contributed by atoms with E-state index in [9.17, 15) is 9.59 Å². The Balaban J connectivity index is 1.85. The molecule has 150 valence electrons. The summed E-state index contributed by atoms with van der Waals surface area (Å²) >= 11 is 0. The van der Waals surface area contributed by atoms with Gasteiger partial charge in [-0.05, 0) is 63.1 Å². The number of hydrogen-bond acceptors (Lipinski definition) is 4. The van der Waals surface area contributed by atoms with Crippen molar-refractivity contribution in [1.82, 2.24) is 10.9 Å². The van der Waals surface area contributed by atoms with Crippen molar-refractivity contribution in [2.24, 2.45) is 0 Å². The molecule has 0 atom stereocenters. The summed E-state index contributed by atoms with van der Waals surface area (Å²) in [5.41, 5.74) is 7.36. The second-order valence-corrected chi connectivity index (χ2v) is 6.68. The molecule has 0 bridgehead atoms. The van der Waals surface area contributed by atoms with Gasteiger partial charge in [0.1, 0.15) is 5.75 Å². The maximum atomic E-state index is 12.2. The molecule has 0 radical (unpaired) electrons. The Morgan fingerprint density at radius 1 is 1.00 bits per heavy atom. The Morgan fingerprint density at radius 3 is 2.29 bits per heavy atom. The lowest BCUT2D eigenvalue weighted by Gasteiger charge is -2.27. The Morgan fingerprint density at radius 2 is 1.68 bits per heavy atom. The summed E-state index contributed by atoms with van der Waals surface area (Å²) < 4.78 is 5.54. The largest absolute Gasteiger partial charge is 0.483 e. The summed E-state index contributed by atoms with van der Waals surface area (Å²) in [5.74, 6) is -0.123. The van der Waals surface area contributed by atoms with Crippen molar-refractivity contribution in [1.29, 1.82) is 0 Å². The molecule has 0 aliphatic carbocycles. The summed E-state index contributed by atoms with van der Waals surface area (Å²) in [7, 11) is 0. The Kier molecular flexibility index (Phi) is 7.87. The first kappa shape index (κ1) is 21.3. The molecule has 0 aromatic heterocycles. The molecule has 28 heavy (non-hydrogen) atoms. The van der Waals surface area contributed by atoms with E-state index in [2.05, 4.69) is 36.5 Å². The minimum atomic E-state index is -0.423. The van der Waals surface area contributed by atoms with Gasteiger partial charge in [-0.1, -0.05) is 25.1 Å². The highest BCUT2D eigenvalue weighted by Gasteiger charge is 2.11. The molecule has 0 fully saturated rings. The van der Waals surface area contributed by atoms with Crippen molar-refractivity contribution in [3.63, 3.8) is 0 Å². The van der Waals surface area contributed by atoms with Gasteiger partial charge in [0, 0.05) is 23.8 Å². The Labute approximate surface area is 166 Å². The van der Waals surface area contributed by atoms with Gasteiger partial charge in [-0.15, -0.1) is 0 Å². The van der Waals surface area contributed by atoms with Crippen molar-refractivity contribution < 1.29 is 14.3 Å². The molecular weight excluding hydrogens is 354 g/mol. The van der Waals surface area contributed by atoms with Gasteiger partial charge in [0.2, 0.25) is 0 Å². The van der Waals surface area contributed by atoms with E-state index in [0.717, 1.165) is 24.2 Å². The van der Waals surface area contributed by atoms with Crippen molar-refractivity contribution in [3.8, 4) is 5.75 Å². The molecule has 0 saturated carbocycles. The number of aryl methyl sites for hydroxylation is 1. The fourth-order valence-electron chi connectivity index (χ4n) is 2.96. The summed E-state index contributed by atoms with van der Waals surface area (Å²) in [5, 5.41) is 0. The molecule has 0 spiro atoms. The molecule has 2 N–H and O–H groups in total. The number of carbonyl (C=O) groups excluding carboxylic acids is 2. The van der Waals surface area contributed by atoms with E-state index in [0.29, 0.717) is 17.4 Å². The predicted octanol–water partition coefficient (Wildman–Crippen LogP) is 3.32. The van der Waals surface area contributed by atoms with Gasteiger partial charge >= 0.3 is 0 Å². The van der Waals surface area contributed by atoms with Crippen LogP contribution in [0.4, 0.5) is 5.69 Å². The summed E-state index contributed by atoms with van der Waals surface area (Å²) in [6.45, 7) is 9.09. The van der Waals surface area contributed by atoms with E-state index in [1.165, 1.54) is 0 Å². The smallest absolute Gasteiger partial charge is 0.276 e. The van der Waals surface area contributed by atoms with Crippen LogP contribution in [0.2, 0.25) is 0 Å². The van der Waals surface area contributed by atoms with Crippen LogP contribution in [-0.2, 0) is 11.2 Å². The fraction of sp³-hybridized carbons (Fsp3) is 0.364. The average Bonchev–Trinajstić information content (AvgIpc) is 2.71. The fourth-order valence-corrected chi connectivity index (χ4v) is 2.96. The zero-order valence-electron chi connectivity index (χ0n) is 17.0. The van der Waals surface area contributed by atoms with Gasteiger partial charge in [0.15, 0.2) is 6.61 Å². The van der Waals surface area contributed by atoms with Crippen LogP contribution in [0.1, 0.15) is 43.6 Å². The second-order valence-electron chi connectivity index (χ2n) is 6.68. The lowest BCUT2D eigenvalue weighted by atomic mass is 10.1. The van der Waals surface area contributed by atoms with E-state index < -0.39 is 5.91 Å². The molecule has 0 aliphatic rings. The number of ether oxygens (including phenoxy) is 1. The number of para-hydroxylation sites is 1. The number of rotatable bonds is 8. The Hall–Kier alpha value is -3.02. The normalized spacial score (nSPS) is 10.5. The van der Waals surface area contributed by atoms with Gasteiger partial charge in [0.25, 0.3) is 11.8 Å². The summed E-state index contributed by atoms with van der Waals surface area (Å²) in [6.07, 6.45) is 0.816. The van der Waals surface area contributed by atoms with E-state index in [1.807, 2.05) is 43.3 Å². The molecule has 2 rings (SSSR count). The number of carbonyl (C=O) groups is 2. The quantitative estimate of drug-likeness (QED) is 0.686. The first-order valence-corrected chi connectivity index (χ1v) is 9.62. The van der Waals surface area contributed by atoms with Crippen molar-refractivity contribution in [3.05, 3.63) is 59.7 Å². The second kappa shape index (κ2) is 10.3. The third-order valence-corrected chi connectivity index (χ3v) is 4.45. The molecule has 6 nitrogen and oxygen atoms in total. The highest BCUT2D eigenvalue weighted by Crippen LogP contribution is 2.18. The molecule has 6 heteroatoms. The first-order valence-electron chi connectivity index (χ1n) is 9.62. The van der Waals surface area contributed by atoms with Crippen molar-refractivity contribution >= 4 is 17.5 Å². The molecule has 2 aromatic rings. The van der Waals surface area contributed by atoms with Crippen molar-refractivity contribution in [2.75, 3.05) is 18.1 Å². The van der Waals surface area contributed by atoms with E-state index in [4.69, 9.17) is 4.74 Å². The standard InChI is InChI=1S/C22H29N3O3/c1-5-17-9-7-8-10-20(17)28-15-21(26)23-24-22(27)18-11-13-19(14-12-18)25(6-2)16(3)4/h7-14,16H,5-6,15H2,1-4H3,(H,23,26)(H,24,27). The van der Waals surface area contributed by atoms with Crippen molar-refractivity contribution in [2.45, 2.75) is 40.2 Å². The zero-order valence-corrected chi connectivity index (χ0v) is 17.0. The number of nitrogens with one attached hydrogen (secondary N) is 2. The number of nitrogens with zero attached hydrogens (tertiary/aromatic N) is 1. The summed E-state index contributed by atoms with van der Waals surface area (Å²) in [6, 6.07) is 15.2. The third-order valence-electron chi connectivity index (χ3n) is 4.45.